The molecule has 0 saturated carbocycles. The second kappa shape index (κ2) is 8.23. The number of thioether (sulfide) groups is 1. The van der Waals surface area contributed by atoms with Crippen LogP contribution in [0.15, 0.2) is 65.6 Å². The van der Waals surface area contributed by atoms with Gasteiger partial charge in [0.15, 0.2) is 0 Å². The van der Waals surface area contributed by atoms with Gasteiger partial charge in [0, 0.05) is 23.1 Å². The van der Waals surface area contributed by atoms with Crippen molar-refractivity contribution in [2.24, 2.45) is 5.92 Å². The molecule has 2 unspecified atom stereocenters. The van der Waals surface area contributed by atoms with Gasteiger partial charge in [0.05, 0.1) is 6.10 Å². The highest BCUT2D eigenvalue weighted by atomic mass is 32.2. The van der Waals surface area contributed by atoms with Crippen LogP contribution in [-0.2, 0) is 0 Å². The molecule has 0 saturated heterocycles. The van der Waals surface area contributed by atoms with Crippen molar-refractivity contribution in [3.05, 3.63) is 66.2 Å². The molecule has 2 nitrogen and oxygen atoms in total. The minimum atomic E-state index is -0.426. The second-order valence-electron chi connectivity index (χ2n) is 5.50. The number of aliphatic hydroxyl groups excluding tert-OH is 1. The van der Waals surface area contributed by atoms with Crippen LogP contribution in [0.4, 0.5) is 0 Å². The lowest BCUT2D eigenvalue weighted by atomic mass is 9.97. The van der Waals surface area contributed by atoms with Crippen molar-refractivity contribution in [1.82, 2.24) is 4.90 Å². The van der Waals surface area contributed by atoms with E-state index in [4.69, 9.17) is 0 Å². The van der Waals surface area contributed by atoms with Crippen molar-refractivity contribution in [1.29, 1.82) is 0 Å². The molecule has 112 valence electrons. The third kappa shape index (κ3) is 5.20. The van der Waals surface area contributed by atoms with E-state index in [-0.39, 0.29) is 5.92 Å². The molecule has 0 aliphatic heterocycles. The molecule has 0 aromatic heterocycles. The van der Waals surface area contributed by atoms with Crippen LogP contribution < -0.4 is 0 Å². The molecule has 0 heterocycles. The summed E-state index contributed by atoms with van der Waals surface area (Å²) < 4.78 is 0. The molecular weight excluding hydrogens is 278 g/mol. The minimum Gasteiger partial charge on any atom is -0.388 e. The Hall–Kier alpha value is -1.29. The molecule has 2 aromatic rings. The smallest absolute Gasteiger partial charge is 0.0838 e. The van der Waals surface area contributed by atoms with E-state index in [9.17, 15) is 5.11 Å². The fourth-order valence-corrected chi connectivity index (χ4v) is 3.40. The SMILES string of the molecule is CN(C)CC(CSc1ccccc1)C(O)c1ccccc1. The Morgan fingerprint density at radius 3 is 2.10 bits per heavy atom. The molecule has 2 atom stereocenters. The predicted molar refractivity (Wildman–Crippen MR) is 90.6 cm³/mol. The van der Waals surface area contributed by atoms with Gasteiger partial charge in [-0.1, -0.05) is 48.5 Å². The summed E-state index contributed by atoms with van der Waals surface area (Å²) in [4.78, 5) is 3.39. The van der Waals surface area contributed by atoms with Crippen LogP contribution in [0.3, 0.4) is 0 Å². The first-order chi connectivity index (χ1) is 10.2. The van der Waals surface area contributed by atoms with Crippen molar-refractivity contribution in [3.8, 4) is 0 Å². The quantitative estimate of drug-likeness (QED) is 0.789. The lowest BCUT2D eigenvalue weighted by molar-refractivity contribution is 0.103. The monoisotopic (exact) mass is 301 g/mol. The molecule has 0 aliphatic rings. The molecule has 2 rings (SSSR count). The number of aliphatic hydroxyl groups is 1. The summed E-state index contributed by atoms with van der Waals surface area (Å²) >= 11 is 1.81. The number of hydrogen-bond acceptors (Lipinski definition) is 3. The Balaban J connectivity index is 2.03. The average molecular weight is 301 g/mol. The highest BCUT2D eigenvalue weighted by molar-refractivity contribution is 7.99. The van der Waals surface area contributed by atoms with E-state index in [2.05, 4.69) is 43.3 Å². The van der Waals surface area contributed by atoms with E-state index >= 15 is 0 Å². The van der Waals surface area contributed by atoms with Gasteiger partial charge in [-0.25, -0.2) is 0 Å². The largest absolute Gasteiger partial charge is 0.388 e. The summed E-state index contributed by atoms with van der Waals surface area (Å²) in [6.07, 6.45) is -0.426. The zero-order chi connectivity index (χ0) is 15.1. The van der Waals surface area contributed by atoms with Gasteiger partial charge in [-0.05, 0) is 31.8 Å². The number of rotatable bonds is 7. The summed E-state index contributed by atoms with van der Waals surface area (Å²) in [6.45, 7) is 0.871. The van der Waals surface area contributed by atoms with Crippen molar-refractivity contribution >= 4 is 11.8 Å². The fraction of sp³-hybridized carbons (Fsp3) is 0.333. The summed E-state index contributed by atoms with van der Waals surface area (Å²) in [6, 6.07) is 20.3. The summed E-state index contributed by atoms with van der Waals surface area (Å²) in [7, 11) is 4.11. The standard InChI is InChI=1S/C18H23NOS/c1-19(2)13-16(14-21-17-11-7-4-8-12-17)18(20)15-9-5-3-6-10-15/h3-12,16,18,20H,13-14H2,1-2H3. The van der Waals surface area contributed by atoms with Gasteiger partial charge in [0.25, 0.3) is 0 Å². The zero-order valence-corrected chi connectivity index (χ0v) is 13.5. The van der Waals surface area contributed by atoms with E-state index in [1.54, 1.807) is 11.8 Å². The lowest BCUT2D eigenvalue weighted by Crippen LogP contribution is -2.28. The Bertz CT molecular complexity index is 515. The van der Waals surface area contributed by atoms with Gasteiger partial charge in [0.2, 0.25) is 0 Å². The molecule has 1 N–H and O–H groups in total. The van der Waals surface area contributed by atoms with Crippen molar-refractivity contribution < 1.29 is 5.11 Å². The van der Waals surface area contributed by atoms with E-state index in [1.165, 1.54) is 4.90 Å². The van der Waals surface area contributed by atoms with Gasteiger partial charge in [-0.2, -0.15) is 0 Å². The number of benzene rings is 2. The van der Waals surface area contributed by atoms with E-state index in [1.807, 2.05) is 36.4 Å². The normalized spacial score (nSPS) is 14.1. The molecule has 0 aliphatic carbocycles. The van der Waals surface area contributed by atoms with Crippen LogP contribution in [0.5, 0.6) is 0 Å². The molecule has 2 aromatic carbocycles. The third-order valence-electron chi connectivity index (χ3n) is 3.39. The molecular formula is C18H23NOS. The Kier molecular flexibility index (Phi) is 6.30. The van der Waals surface area contributed by atoms with Crippen molar-refractivity contribution in [2.45, 2.75) is 11.0 Å². The Labute approximate surface area is 131 Å². The molecule has 0 bridgehead atoms. The minimum absolute atomic E-state index is 0.201. The van der Waals surface area contributed by atoms with Crippen molar-refractivity contribution in [2.75, 3.05) is 26.4 Å². The van der Waals surface area contributed by atoms with Gasteiger partial charge in [-0.15, -0.1) is 11.8 Å². The topological polar surface area (TPSA) is 23.5 Å². The summed E-state index contributed by atoms with van der Waals surface area (Å²) in [5.41, 5.74) is 0.998. The Morgan fingerprint density at radius 2 is 1.52 bits per heavy atom. The van der Waals surface area contributed by atoms with Crippen LogP contribution in [0.1, 0.15) is 11.7 Å². The average Bonchev–Trinajstić information content (AvgIpc) is 2.52. The molecule has 0 radical (unpaired) electrons. The second-order valence-corrected chi connectivity index (χ2v) is 6.60. The zero-order valence-electron chi connectivity index (χ0n) is 12.6. The van der Waals surface area contributed by atoms with Gasteiger partial charge < -0.3 is 10.0 Å². The highest BCUT2D eigenvalue weighted by Crippen LogP contribution is 2.29. The van der Waals surface area contributed by atoms with E-state index in [0.29, 0.717) is 0 Å². The molecule has 3 heteroatoms. The first-order valence-corrected chi connectivity index (χ1v) is 8.21. The van der Waals surface area contributed by atoms with E-state index in [0.717, 1.165) is 17.9 Å². The maximum Gasteiger partial charge on any atom is 0.0838 e. The summed E-state index contributed by atoms with van der Waals surface area (Å²) in [5, 5.41) is 10.7. The van der Waals surface area contributed by atoms with Crippen LogP contribution >= 0.6 is 11.8 Å². The third-order valence-corrected chi connectivity index (χ3v) is 4.59. The van der Waals surface area contributed by atoms with Crippen LogP contribution in [0, 0.1) is 5.92 Å². The van der Waals surface area contributed by atoms with Crippen LogP contribution in [-0.4, -0.2) is 36.4 Å². The number of hydrogen-bond donors (Lipinski definition) is 1. The first kappa shape index (κ1) is 16.1. The maximum absolute atomic E-state index is 10.7. The molecule has 21 heavy (non-hydrogen) atoms. The first-order valence-electron chi connectivity index (χ1n) is 7.22. The van der Waals surface area contributed by atoms with Crippen LogP contribution in [0.25, 0.3) is 0 Å². The molecule has 0 amide bonds. The van der Waals surface area contributed by atoms with E-state index < -0.39 is 6.10 Å². The highest BCUT2D eigenvalue weighted by Gasteiger charge is 2.21. The van der Waals surface area contributed by atoms with Gasteiger partial charge in [-0.3, -0.25) is 0 Å². The van der Waals surface area contributed by atoms with Gasteiger partial charge in [0.1, 0.15) is 0 Å². The van der Waals surface area contributed by atoms with Crippen molar-refractivity contribution in [3.63, 3.8) is 0 Å². The predicted octanol–water partition coefficient (Wildman–Crippen LogP) is 3.69. The number of nitrogens with zero attached hydrogens (tertiary/aromatic N) is 1. The fourth-order valence-electron chi connectivity index (χ4n) is 2.36. The molecule has 0 spiro atoms. The van der Waals surface area contributed by atoms with Gasteiger partial charge >= 0.3 is 0 Å². The Morgan fingerprint density at radius 1 is 0.952 bits per heavy atom. The summed E-state index contributed by atoms with van der Waals surface area (Å²) in [5.74, 6) is 1.10. The molecule has 0 fully saturated rings. The maximum atomic E-state index is 10.7. The van der Waals surface area contributed by atoms with Crippen LogP contribution in [0.2, 0.25) is 0 Å². The lowest BCUT2D eigenvalue weighted by Gasteiger charge is -2.26.